The van der Waals surface area contributed by atoms with Crippen molar-refractivity contribution < 1.29 is 38.2 Å². The van der Waals surface area contributed by atoms with Crippen LogP contribution in [0, 0.1) is 11.3 Å². The first-order chi connectivity index (χ1) is 23.3. The number of nitrogens with one attached hydrogen (secondary N) is 4. The van der Waals surface area contributed by atoms with Gasteiger partial charge in [-0.05, 0) is 50.2 Å². The molecule has 1 unspecified atom stereocenters. The monoisotopic (exact) mass is 712 g/mol. The zero-order chi connectivity index (χ0) is 36.6. The number of carbonyl (C=O) groups excluding carboxylic acids is 6. The highest BCUT2D eigenvalue weighted by atomic mass is 32.2. The maximum Gasteiger partial charge on any atom is 0.242 e. The van der Waals surface area contributed by atoms with Crippen LogP contribution in [0.3, 0.4) is 0 Å². The van der Waals surface area contributed by atoms with Gasteiger partial charge in [0.25, 0.3) is 0 Å². The van der Waals surface area contributed by atoms with Gasteiger partial charge in [-0.25, -0.2) is 0 Å². The highest BCUT2D eigenvalue weighted by molar-refractivity contribution is 8.00. The molecule has 0 radical (unpaired) electrons. The standard InChI is InChI=1S/C34H60N6O8S/c1-24(2)27(35)10-8-22-49-29-23-32(44)40(34(29)46)17-14-30(42)38-15-6-5-11-28(33(36)45)39-31(43)13-12-26(41)9-7-18-47-20-21-48-19-16-37-25(3)4/h24-25,28-29,35,37H,5-23H2,1-4H3,(H2,36,45)(H,38,42)(H,39,43)/t28-,29?/m0/s1. The Bertz CT molecular complexity index is 1070. The zero-order valence-corrected chi connectivity index (χ0v) is 30.8. The Morgan fingerprint density at radius 3 is 2.27 bits per heavy atom. The summed E-state index contributed by atoms with van der Waals surface area (Å²) < 4.78 is 10.9. The van der Waals surface area contributed by atoms with Crippen molar-refractivity contribution in [1.82, 2.24) is 20.9 Å². The summed E-state index contributed by atoms with van der Waals surface area (Å²) in [5.74, 6) is -1.10. The summed E-state index contributed by atoms with van der Waals surface area (Å²) in [7, 11) is 0. The van der Waals surface area contributed by atoms with Crippen LogP contribution >= 0.6 is 11.8 Å². The number of Topliss-reactive ketones (excluding diaryl/α,β-unsaturated/α-hetero) is 1. The Hall–Kier alpha value is -2.88. The Balaban J connectivity index is 2.16. The Labute approximate surface area is 296 Å². The van der Waals surface area contributed by atoms with Gasteiger partial charge < -0.3 is 36.6 Å². The molecule has 5 amide bonds. The number of rotatable bonds is 30. The normalized spacial score (nSPS) is 15.2. The molecule has 280 valence electrons. The van der Waals surface area contributed by atoms with Crippen molar-refractivity contribution in [3.8, 4) is 0 Å². The lowest BCUT2D eigenvalue weighted by Gasteiger charge is -2.16. The minimum Gasteiger partial charge on any atom is -0.379 e. The van der Waals surface area contributed by atoms with Crippen molar-refractivity contribution in [3.05, 3.63) is 0 Å². The molecule has 1 aliphatic rings. The molecule has 1 heterocycles. The average molecular weight is 713 g/mol. The maximum atomic E-state index is 12.7. The highest BCUT2D eigenvalue weighted by Gasteiger charge is 2.38. The minimum absolute atomic E-state index is 0.00212. The Morgan fingerprint density at radius 2 is 1.59 bits per heavy atom. The molecule has 0 aromatic heterocycles. The van der Waals surface area contributed by atoms with Crippen molar-refractivity contribution in [2.24, 2.45) is 11.7 Å². The third-order valence-electron chi connectivity index (χ3n) is 7.84. The lowest BCUT2D eigenvalue weighted by molar-refractivity contribution is -0.138. The molecule has 0 aromatic rings. The molecule has 14 nitrogen and oxygen atoms in total. The largest absolute Gasteiger partial charge is 0.379 e. The lowest BCUT2D eigenvalue weighted by atomic mass is 10.0. The number of primary amides is 1. The molecule has 0 bridgehead atoms. The molecule has 0 aromatic carbocycles. The van der Waals surface area contributed by atoms with E-state index in [0.717, 1.165) is 17.9 Å². The molecule has 0 saturated carbocycles. The maximum absolute atomic E-state index is 12.7. The smallest absolute Gasteiger partial charge is 0.242 e. The van der Waals surface area contributed by atoms with Crippen LogP contribution in [0.2, 0.25) is 0 Å². The summed E-state index contributed by atoms with van der Waals surface area (Å²) in [4.78, 5) is 74.8. The number of likely N-dealkylation sites (tertiary alicyclic amines) is 1. The van der Waals surface area contributed by atoms with E-state index in [1.165, 1.54) is 11.8 Å². The molecule has 1 fully saturated rings. The van der Waals surface area contributed by atoms with E-state index in [1.807, 2.05) is 13.8 Å². The Morgan fingerprint density at radius 1 is 0.878 bits per heavy atom. The van der Waals surface area contributed by atoms with Gasteiger partial charge in [0, 0.05) is 70.1 Å². The molecule has 1 saturated heterocycles. The molecule has 1 rings (SSSR count). The summed E-state index contributed by atoms with van der Waals surface area (Å²) in [6.45, 7) is 11.2. The number of ketones is 1. The SMILES string of the molecule is CC(C)NCCOCCOCCCC(=O)CCC(=O)N[C@@H](CCCCNC(=O)CCN1C(=O)CC(SCCCC(=N)C(C)C)C1=O)C(N)=O. The first-order valence-electron chi connectivity index (χ1n) is 17.6. The van der Waals surface area contributed by atoms with E-state index in [4.69, 9.17) is 20.6 Å². The van der Waals surface area contributed by atoms with Crippen LogP contribution in [0.25, 0.3) is 0 Å². The zero-order valence-electron chi connectivity index (χ0n) is 29.9. The van der Waals surface area contributed by atoms with Crippen molar-refractivity contribution in [1.29, 1.82) is 5.41 Å². The van der Waals surface area contributed by atoms with Crippen LogP contribution in [0.4, 0.5) is 0 Å². The van der Waals surface area contributed by atoms with Crippen molar-refractivity contribution in [2.75, 3.05) is 51.8 Å². The molecule has 2 atom stereocenters. The molecule has 15 heteroatoms. The molecule has 1 aliphatic heterocycles. The third kappa shape index (κ3) is 21.1. The predicted octanol–water partition coefficient (Wildman–Crippen LogP) is 2.11. The molecular formula is C34H60N6O8S. The van der Waals surface area contributed by atoms with Crippen LogP contribution in [0.15, 0.2) is 0 Å². The fraction of sp³-hybridized carbons (Fsp3) is 0.794. The van der Waals surface area contributed by atoms with Gasteiger partial charge in [-0.2, -0.15) is 0 Å². The van der Waals surface area contributed by atoms with Gasteiger partial charge in [0.1, 0.15) is 11.8 Å². The number of imide groups is 1. The van der Waals surface area contributed by atoms with Crippen LogP contribution in [0.1, 0.15) is 98.3 Å². The number of thioether (sulfide) groups is 1. The first kappa shape index (κ1) is 44.1. The van der Waals surface area contributed by atoms with Crippen LogP contribution in [-0.2, 0) is 38.2 Å². The van der Waals surface area contributed by atoms with Crippen LogP contribution in [0.5, 0.6) is 0 Å². The summed E-state index contributed by atoms with van der Waals surface area (Å²) >= 11 is 1.43. The molecule has 49 heavy (non-hydrogen) atoms. The number of ether oxygens (including phenoxy) is 2. The second-order valence-corrected chi connectivity index (χ2v) is 14.1. The number of nitrogens with two attached hydrogens (primary N) is 1. The number of carbonyl (C=O) groups is 6. The van der Waals surface area contributed by atoms with E-state index in [9.17, 15) is 28.8 Å². The Kier molecular flexibility index (Phi) is 23.4. The minimum atomic E-state index is -0.879. The number of amides is 5. The van der Waals surface area contributed by atoms with E-state index in [2.05, 4.69) is 29.8 Å². The first-order valence-corrected chi connectivity index (χ1v) is 18.7. The van der Waals surface area contributed by atoms with Gasteiger partial charge in [-0.3, -0.25) is 33.7 Å². The van der Waals surface area contributed by atoms with E-state index in [-0.39, 0.29) is 68.1 Å². The number of unbranched alkanes of at least 4 members (excludes halogenated alkanes) is 1. The van der Waals surface area contributed by atoms with Gasteiger partial charge in [0.2, 0.25) is 29.5 Å². The number of hydrogen-bond acceptors (Lipinski definition) is 11. The van der Waals surface area contributed by atoms with Crippen molar-refractivity contribution >= 4 is 52.8 Å². The van der Waals surface area contributed by atoms with Gasteiger partial charge in [0.15, 0.2) is 0 Å². The van der Waals surface area contributed by atoms with Crippen molar-refractivity contribution in [3.63, 3.8) is 0 Å². The fourth-order valence-corrected chi connectivity index (χ4v) is 5.97. The average Bonchev–Trinajstić information content (AvgIpc) is 3.31. The predicted molar refractivity (Wildman–Crippen MR) is 190 cm³/mol. The second-order valence-electron chi connectivity index (χ2n) is 12.8. The van der Waals surface area contributed by atoms with E-state index < -0.39 is 23.1 Å². The highest BCUT2D eigenvalue weighted by Crippen LogP contribution is 2.26. The van der Waals surface area contributed by atoms with E-state index >= 15 is 0 Å². The number of nitrogens with zero attached hydrogens (tertiary/aromatic N) is 1. The molecule has 6 N–H and O–H groups in total. The van der Waals surface area contributed by atoms with Gasteiger partial charge in [-0.15, -0.1) is 11.8 Å². The lowest BCUT2D eigenvalue weighted by Crippen LogP contribution is -2.44. The second kappa shape index (κ2) is 26.0. The quantitative estimate of drug-likeness (QED) is 0.0416. The molecule has 0 aliphatic carbocycles. The summed E-state index contributed by atoms with van der Waals surface area (Å²) in [6, 6.07) is -0.461. The summed E-state index contributed by atoms with van der Waals surface area (Å²) in [5.41, 5.74) is 6.14. The number of hydrogen-bond donors (Lipinski definition) is 5. The van der Waals surface area contributed by atoms with Crippen LogP contribution < -0.4 is 21.7 Å². The van der Waals surface area contributed by atoms with Crippen molar-refractivity contribution in [2.45, 2.75) is 116 Å². The van der Waals surface area contributed by atoms with Gasteiger partial charge in [-0.1, -0.05) is 27.7 Å². The molecule has 0 spiro atoms. The third-order valence-corrected chi connectivity index (χ3v) is 9.13. The van der Waals surface area contributed by atoms with E-state index in [1.54, 1.807) is 0 Å². The topological polar surface area (TPSA) is 210 Å². The van der Waals surface area contributed by atoms with E-state index in [0.29, 0.717) is 82.6 Å². The van der Waals surface area contributed by atoms with Crippen LogP contribution in [-0.4, -0.2) is 115 Å². The van der Waals surface area contributed by atoms with Gasteiger partial charge in [0.05, 0.1) is 25.1 Å². The summed E-state index contributed by atoms with van der Waals surface area (Å²) in [5, 5.41) is 16.1. The molecular weight excluding hydrogens is 652 g/mol. The fourth-order valence-electron chi connectivity index (χ4n) is 4.84. The van der Waals surface area contributed by atoms with Gasteiger partial charge >= 0.3 is 0 Å². The summed E-state index contributed by atoms with van der Waals surface area (Å²) in [6.07, 6.45) is 3.78.